The van der Waals surface area contributed by atoms with Crippen LogP contribution >= 0.6 is 0 Å². The van der Waals surface area contributed by atoms with Gasteiger partial charge in [-0.2, -0.15) is 0 Å². The molecule has 1 unspecified atom stereocenters. The molecule has 0 aliphatic carbocycles. The molecule has 2 rings (SSSR count). The monoisotopic (exact) mass is 274 g/mol. The standard InChI is InChI=1S/C16H22N2O2/c1-11(2)18-10-9-16(4,15(18)20)17-14(19)13-7-5-12(3)6-8-13/h5-8,11H,9-10H2,1-4H3,(H,17,19). The highest BCUT2D eigenvalue weighted by molar-refractivity contribution is 5.99. The summed E-state index contributed by atoms with van der Waals surface area (Å²) in [7, 11) is 0. The maximum absolute atomic E-state index is 12.4. The molecule has 108 valence electrons. The van der Waals surface area contributed by atoms with Gasteiger partial charge in [-0.25, -0.2) is 0 Å². The van der Waals surface area contributed by atoms with Gasteiger partial charge in [0.15, 0.2) is 0 Å². The van der Waals surface area contributed by atoms with E-state index in [1.807, 2.05) is 44.7 Å². The minimum atomic E-state index is -0.785. The van der Waals surface area contributed by atoms with E-state index in [0.717, 1.165) is 5.56 Å². The minimum Gasteiger partial charge on any atom is -0.338 e. The Balaban J connectivity index is 2.11. The summed E-state index contributed by atoms with van der Waals surface area (Å²) in [5.74, 6) is -0.181. The summed E-state index contributed by atoms with van der Waals surface area (Å²) in [5.41, 5.74) is 0.912. The van der Waals surface area contributed by atoms with Gasteiger partial charge in [-0.05, 0) is 46.2 Å². The van der Waals surface area contributed by atoms with E-state index in [9.17, 15) is 9.59 Å². The molecular formula is C16H22N2O2. The van der Waals surface area contributed by atoms with Crippen LogP contribution in [0.25, 0.3) is 0 Å². The van der Waals surface area contributed by atoms with Gasteiger partial charge in [-0.3, -0.25) is 9.59 Å². The zero-order valence-electron chi connectivity index (χ0n) is 12.6. The van der Waals surface area contributed by atoms with Gasteiger partial charge < -0.3 is 10.2 Å². The smallest absolute Gasteiger partial charge is 0.252 e. The summed E-state index contributed by atoms with van der Waals surface area (Å²) < 4.78 is 0. The maximum atomic E-state index is 12.4. The second-order valence-corrected chi connectivity index (χ2v) is 5.99. The van der Waals surface area contributed by atoms with Crippen molar-refractivity contribution in [2.75, 3.05) is 6.54 Å². The van der Waals surface area contributed by atoms with Crippen LogP contribution in [-0.4, -0.2) is 34.8 Å². The molecule has 1 atom stereocenters. The first kappa shape index (κ1) is 14.6. The number of amides is 2. The van der Waals surface area contributed by atoms with Crippen molar-refractivity contribution in [1.29, 1.82) is 0 Å². The average molecular weight is 274 g/mol. The van der Waals surface area contributed by atoms with Crippen LogP contribution in [0.3, 0.4) is 0 Å². The number of likely N-dealkylation sites (tertiary alicyclic amines) is 1. The van der Waals surface area contributed by atoms with E-state index < -0.39 is 5.54 Å². The normalized spacial score (nSPS) is 22.4. The number of benzene rings is 1. The first-order valence-corrected chi connectivity index (χ1v) is 7.04. The number of aryl methyl sites for hydroxylation is 1. The zero-order valence-corrected chi connectivity index (χ0v) is 12.6. The summed E-state index contributed by atoms with van der Waals surface area (Å²) in [6.07, 6.45) is 0.654. The van der Waals surface area contributed by atoms with Crippen LogP contribution in [0, 0.1) is 6.92 Å². The highest BCUT2D eigenvalue weighted by Gasteiger charge is 2.44. The minimum absolute atomic E-state index is 0.00737. The van der Waals surface area contributed by atoms with Gasteiger partial charge in [0.05, 0.1) is 0 Å². The first-order chi connectivity index (χ1) is 9.33. The molecule has 1 aromatic carbocycles. The van der Waals surface area contributed by atoms with Gasteiger partial charge in [0.25, 0.3) is 5.91 Å². The average Bonchev–Trinajstić information content (AvgIpc) is 2.66. The third kappa shape index (κ3) is 2.69. The topological polar surface area (TPSA) is 49.4 Å². The number of carbonyl (C=O) groups excluding carboxylic acids is 2. The Labute approximate surface area is 120 Å². The third-order valence-electron chi connectivity index (χ3n) is 3.91. The Hall–Kier alpha value is -1.84. The molecule has 1 saturated heterocycles. The van der Waals surface area contributed by atoms with Crippen molar-refractivity contribution in [1.82, 2.24) is 10.2 Å². The predicted molar refractivity (Wildman–Crippen MR) is 78.5 cm³/mol. The van der Waals surface area contributed by atoms with Crippen molar-refractivity contribution >= 4 is 11.8 Å². The molecule has 0 saturated carbocycles. The molecule has 0 bridgehead atoms. The number of nitrogens with one attached hydrogen (secondary N) is 1. The second kappa shape index (κ2) is 5.27. The lowest BCUT2D eigenvalue weighted by molar-refractivity contribution is -0.133. The van der Waals surface area contributed by atoms with Gasteiger partial charge in [-0.15, -0.1) is 0 Å². The number of carbonyl (C=O) groups is 2. The number of nitrogens with zero attached hydrogens (tertiary/aromatic N) is 1. The fourth-order valence-electron chi connectivity index (χ4n) is 2.51. The van der Waals surface area contributed by atoms with Gasteiger partial charge >= 0.3 is 0 Å². The van der Waals surface area contributed by atoms with E-state index in [4.69, 9.17) is 0 Å². The SMILES string of the molecule is Cc1ccc(C(=O)NC2(C)CCN(C(C)C)C2=O)cc1. The fourth-order valence-corrected chi connectivity index (χ4v) is 2.51. The van der Waals surface area contributed by atoms with Gasteiger partial charge in [0, 0.05) is 18.2 Å². The molecule has 0 spiro atoms. The summed E-state index contributed by atoms with van der Waals surface area (Å²) in [4.78, 5) is 26.5. The Morgan fingerprint density at radius 2 is 1.90 bits per heavy atom. The van der Waals surface area contributed by atoms with E-state index >= 15 is 0 Å². The van der Waals surface area contributed by atoms with Crippen LogP contribution in [0.5, 0.6) is 0 Å². The molecule has 1 aliphatic heterocycles. The Morgan fingerprint density at radius 1 is 1.30 bits per heavy atom. The van der Waals surface area contributed by atoms with E-state index in [2.05, 4.69) is 5.32 Å². The van der Waals surface area contributed by atoms with Crippen molar-refractivity contribution in [3.05, 3.63) is 35.4 Å². The number of hydrogen-bond donors (Lipinski definition) is 1. The van der Waals surface area contributed by atoms with Crippen molar-refractivity contribution in [3.63, 3.8) is 0 Å². The molecule has 0 aromatic heterocycles. The highest BCUT2D eigenvalue weighted by Crippen LogP contribution is 2.24. The van der Waals surface area contributed by atoms with Crippen molar-refractivity contribution in [2.24, 2.45) is 0 Å². The van der Waals surface area contributed by atoms with Crippen LogP contribution < -0.4 is 5.32 Å². The summed E-state index contributed by atoms with van der Waals surface area (Å²) in [6, 6.07) is 7.53. The van der Waals surface area contributed by atoms with Crippen molar-refractivity contribution < 1.29 is 9.59 Å². The summed E-state index contributed by atoms with van der Waals surface area (Å²) in [6.45, 7) is 8.46. The van der Waals surface area contributed by atoms with Gasteiger partial charge in [0.2, 0.25) is 5.91 Å². The van der Waals surface area contributed by atoms with Gasteiger partial charge in [-0.1, -0.05) is 17.7 Å². The number of rotatable bonds is 3. The summed E-state index contributed by atoms with van der Waals surface area (Å²) in [5, 5.41) is 2.90. The Bertz CT molecular complexity index is 522. The van der Waals surface area contributed by atoms with Crippen LogP contribution in [0.15, 0.2) is 24.3 Å². The molecule has 0 radical (unpaired) electrons. The third-order valence-corrected chi connectivity index (χ3v) is 3.91. The molecule has 1 N–H and O–H groups in total. The van der Waals surface area contributed by atoms with E-state index in [1.54, 1.807) is 12.1 Å². The summed E-state index contributed by atoms with van der Waals surface area (Å²) >= 11 is 0. The van der Waals surface area contributed by atoms with E-state index in [-0.39, 0.29) is 17.9 Å². The van der Waals surface area contributed by atoms with Crippen molar-refractivity contribution in [3.8, 4) is 0 Å². The number of hydrogen-bond acceptors (Lipinski definition) is 2. The molecule has 4 heteroatoms. The fraction of sp³-hybridized carbons (Fsp3) is 0.500. The van der Waals surface area contributed by atoms with Crippen molar-refractivity contribution in [2.45, 2.75) is 45.7 Å². The molecular weight excluding hydrogens is 252 g/mol. The van der Waals surface area contributed by atoms with Gasteiger partial charge in [0.1, 0.15) is 5.54 Å². The predicted octanol–water partition coefficient (Wildman–Crippen LogP) is 2.12. The molecule has 1 fully saturated rings. The quantitative estimate of drug-likeness (QED) is 0.918. The zero-order chi connectivity index (χ0) is 14.9. The molecule has 1 aromatic rings. The van der Waals surface area contributed by atoms with E-state index in [1.165, 1.54) is 0 Å². The second-order valence-electron chi connectivity index (χ2n) is 5.99. The van der Waals surface area contributed by atoms with Crippen LogP contribution in [-0.2, 0) is 4.79 Å². The van der Waals surface area contributed by atoms with Crippen LogP contribution in [0.2, 0.25) is 0 Å². The highest BCUT2D eigenvalue weighted by atomic mass is 16.2. The molecule has 20 heavy (non-hydrogen) atoms. The molecule has 2 amide bonds. The lowest BCUT2D eigenvalue weighted by Gasteiger charge is -2.26. The molecule has 4 nitrogen and oxygen atoms in total. The molecule has 1 aliphatic rings. The maximum Gasteiger partial charge on any atom is 0.252 e. The lowest BCUT2D eigenvalue weighted by atomic mass is 9.99. The Kier molecular flexibility index (Phi) is 3.84. The van der Waals surface area contributed by atoms with E-state index in [0.29, 0.717) is 18.5 Å². The van der Waals surface area contributed by atoms with Crippen LogP contribution in [0.4, 0.5) is 0 Å². The Morgan fingerprint density at radius 3 is 2.40 bits per heavy atom. The largest absolute Gasteiger partial charge is 0.338 e. The lowest BCUT2D eigenvalue weighted by Crippen LogP contribution is -2.52. The first-order valence-electron chi connectivity index (χ1n) is 7.04. The van der Waals surface area contributed by atoms with Crippen LogP contribution in [0.1, 0.15) is 43.1 Å². The molecule has 1 heterocycles.